The zero-order valence-electron chi connectivity index (χ0n) is 26.8. The van der Waals surface area contributed by atoms with Crippen LogP contribution in [0.25, 0.3) is 33.5 Å². The van der Waals surface area contributed by atoms with Crippen LogP contribution in [0, 0.1) is 0 Å². The number of rotatable bonds is 9. The smallest absolute Gasteiger partial charge is 0.0712 e. The Kier molecular flexibility index (Phi) is 8.96. The second kappa shape index (κ2) is 13.2. The quantitative estimate of drug-likeness (QED) is 0.0937. The molecule has 2 nitrogen and oxygen atoms in total. The van der Waals surface area contributed by atoms with Crippen molar-refractivity contribution in [1.82, 2.24) is 4.98 Å². The summed E-state index contributed by atoms with van der Waals surface area (Å²) in [6.07, 6.45) is 9.20. The highest BCUT2D eigenvalue weighted by Crippen LogP contribution is 2.54. The van der Waals surface area contributed by atoms with Gasteiger partial charge in [0.1, 0.15) is 0 Å². The molecule has 228 valence electrons. The van der Waals surface area contributed by atoms with Gasteiger partial charge in [0.15, 0.2) is 0 Å². The number of nitrogens with one attached hydrogen (secondary N) is 1. The lowest BCUT2D eigenvalue weighted by Gasteiger charge is -2.23. The molecule has 0 saturated heterocycles. The van der Waals surface area contributed by atoms with Gasteiger partial charge in [-0.1, -0.05) is 123 Å². The van der Waals surface area contributed by atoms with E-state index in [1.54, 1.807) is 0 Å². The van der Waals surface area contributed by atoms with E-state index in [1.165, 1.54) is 27.8 Å². The van der Waals surface area contributed by atoms with Gasteiger partial charge in [0.2, 0.25) is 0 Å². The second-order valence-electron chi connectivity index (χ2n) is 12.1. The van der Waals surface area contributed by atoms with Crippen molar-refractivity contribution in [1.29, 1.82) is 0 Å². The molecule has 0 bridgehead atoms. The van der Waals surface area contributed by atoms with E-state index in [0.717, 1.165) is 51.4 Å². The lowest BCUT2D eigenvalue weighted by Crippen LogP contribution is -2.13. The van der Waals surface area contributed by atoms with Gasteiger partial charge in [0.25, 0.3) is 0 Å². The Hall–Kier alpha value is -4.86. The number of aromatic amines is 1. The fourth-order valence-electron chi connectivity index (χ4n) is 6.55. The molecule has 6 rings (SSSR count). The summed E-state index contributed by atoms with van der Waals surface area (Å²) in [4.78, 5) is 8.57. The summed E-state index contributed by atoms with van der Waals surface area (Å²) >= 11 is 5.17. The minimum absolute atomic E-state index is 0.329. The Bertz CT molecular complexity index is 1990. The number of aliphatic imine (C=N–C) groups is 1. The predicted molar refractivity (Wildman–Crippen MR) is 201 cm³/mol. The van der Waals surface area contributed by atoms with E-state index in [4.69, 9.17) is 17.6 Å². The molecule has 2 unspecified atom stereocenters. The van der Waals surface area contributed by atoms with Crippen molar-refractivity contribution in [2.24, 2.45) is 4.99 Å². The van der Waals surface area contributed by atoms with Gasteiger partial charge >= 0.3 is 0 Å². The third-order valence-electron chi connectivity index (χ3n) is 9.01. The van der Waals surface area contributed by atoms with Crippen LogP contribution in [0.4, 0.5) is 0 Å². The number of benzene rings is 4. The molecule has 46 heavy (non-hydrogen) atoms. The second-order valence-corrected chi connectivity index (χ2v) is 13.0. The number of hydrogen-bond acceptors (Lipinski definition) is 2. The first-order chi connectivity index (χ1) is 22.3. The summed E-state index contributed by atoms with van der Waals surface area (Å²) in [5.74, 6) is 0.368. The molecule has 0 amide bonds. The third kappa shape index (κ3) is 6.16. The van der Waals surface area contributed by atoms with Gasteiger partial charge in [-0.3, -0.25) is 4.99 Å². The van der Waals surface area contributed by atoms with Crippen LogP contribution < -0.4 is 0 Å². The maximum atomic E-state index is 5.17. The van der Waals surface area contributed by atoms with Crippen molar-refractivity contribution in [3.8, 4) is 22.3 Å². The standard InChI is InChI=1S/C43H40N2S/c1-6-15-39-37(7-2)38-23-22-35(26-40(38)43(39,5)46)33-20-14-21-34(25-33)36-27-41(44-28-36)30(4)45-42(32-18-12-9-13-19-32)24-29(3)31-16-10-8-11-17-31/h6,8-28,37,44,46H,1,3,7H2,2,4-5H3/b39-15+,42-24-,45-30+. The lowest BCUT2D eigenvalue weighted by atomic mass is 9.92. The van der Waals surface area contributed by atoms with E-state index in [2.05, 4.69) is 123 Å². The zero-order valence-corrected chi connectivity index (χ0v) is 27.7. The van der Waals surface area contributed by atoms with Crippen LogP contribution >= 0.6 is 12.6 Å². The van der Waals surface area contributed by atoms with Crippen molar-refractivity contribution >= 4 is 29.6 Å². The molecule has 1 aliphatic carbocycles. The topological polar surface area (TPSA) is 28.1 Å². The van der Waals surface area contributed by atoms with Gasteiger partial charge in [-0.25, -0.2) is 0 Å². The minimum atomic E-state index is -0.329. The lowest BCUT2D eigenvalue weighted by molar-refractivity contribution is 0.729. The fourth-order valence-corrected chi connectivity index (χ4v) is 6.97. The first kappa shape index (κ1) is 31.1. The summed E-state index contributed by atoms with van der Waals surface area (Å²) in [7, 11) is 0. The molecular weight excluding hydrogens is 577 g/mol. The van der Waals surface area contributed by atoms with Crippen molar-refractivity contribution in [2.75, 3.05) is 0 Å². The van der Waals surface area contributed by atoms with Crippen molar-refractivity contribution in [3.05, 3.63) is 180 Å². The number of thiol groups is 1. The Morgan fingerprint density at radius 2 is 1.50 bits per heavy atom. The molecule has 1 N–H and O–H groups in total. The van der Waals surface area contributed by atoms with E-state index in [1.807, 2.05) is 49.4 Å². The normalized spacial score (nSPS) is 18.9. The molecule has 2 atom stereocenters. The van der Waals surface area contributed by atoms with Gasteiger partial charge < -0.3 is 4.98 Å². The van der Waals surface area contributed by atoms with Crippen molar-refractivity contribution < 1.29 is 0 Å². The van der Waals surface area contributed by atoms with E-state index in [0.29, 0.717) is 5.92 Å². The molecule has 1 heterocycles. The van der Waals surface area contributed by atoms with Crippen molar-refractivity contribution in [3.63, 3.8) is 0 Å². The maximum absolute atomic E-state index is 5.17. The van der Waals surface area contributed by atoms with Gasteiger partial charge in [-0.2, -0.15) is 12.6 Å². The summed E-state index contributed by atoms with van der Waals surface area (Å²) < 4.78 is -0.329. The first-order valence-corrected chi connectivity index (χ1v) is 16.3. The number of nitrogens with zero attached hydrogens (tertiary/aromatic N) is 1. The van der Waals surface area contributed by atoms with Crippen LogP contribution in [0.15, 0.2) is 157 Å². The van der Waals surface area contributed by atoms with E-state index in [9.17, 15) is 0 Å². The van der Waals surface area contributed by atoms with Crippen LogP contribution in [-0.2, 0) is 4.75 Å². The van der Waals surface area contributed by atoms with Gasteiger partial charge in [0, 0.05) is 17.7 Å². The Labute approximate surface area is 279 Å². The molecule has 1 aliphatic rings. The number of H-pyrrole nitrogens is 1. The molecule has 0 saturated carbocycles. The highest BCUT2D eigenvalue weighted by atomic mass is 32.1. The average molecular weight is 617 g/mol. The molecule has 3 heteroatoms. The molecule has 0 spiro atoms. The summed E-state index contributed by atoms with van der Waals surface area (Å²) in [5, 5.41) is 0. The SMILES string of the molecule is C=C/C=C1\C(CC)c2ccc(-c3cccc(-c4c[nH]c(/C(C)=N/C(=C\C(=C)c5ccccc5)c5ccccc5)c4)c3)cc2C1(C)S. The Balaban J connectivity index is 1.31. The molecule has 0 fully saturated rings. The van der Waals surface area contributed by atoms with Crippen LogP contribution in [0.2, 0.25) is 0 Å². The fraction of sp³-hybridized carbons (Fsp3) is 0.140. The zero-order chi connectivity index (χ0) is 32.3. The maximum Gasteiger partial charge on any atom is 0.0712 e. The van der Waals surface area contributed by atoms with E-state index in [-0.39, 0.29) is 4.75 Å². The molecule has 0 radical (unpaired) electrons. The largest absolute Gasteiger partial charge is 0.360 e. The van der Waals surface area contributed by atoms with Gasteiger partial charge in [-0.05, 0) is 94.6 Å². The number of fused-ring (bicyclic) bond motifs is 1. The van der Waals surface area contributed by atoms with Gasteiger partial charge in [0.05, 0.1) is 21.8 Å². The van der Waals surface area contributed by atoms with Crippen LogP contribution in [0.3, 0.4) is 0 Å². The highest BCUT2D eigenvalue weighted by molar-refractivity contribution is 7.81. The Morgan fingerprint density at radius 1 is 0.848 bits per heavy atom. The molecule has 1 aromatic heterocycles. The first-order valence-electron chi connectivity index (χ1n) is 15.9. The summed E-state index contributed by atoms with van der Waals surface area (Å²) in [6, 6.07) is 38.3. The molecular formula is C43H40N2S. The molecule has 0 aliphatic heterocycles. The summed E-state index contributed by atoms with van der Waals surface area (Å²) in [6.45, 7) is 14.8. The average Bonchev–Trinajstić information content (AvgIpc) is 3.67. The van der Waals surface area contributed by atoms with Crippen LogP contribution in [0.1, 0.15) is 61.1 Å². The van der Waals surface area contributed by atoms with Crippen LogP contribution in [0.5, 0.6) is 0 Å². The molecule has 4 aromatic carbocycles. The Morgan fingerprint density at radius 3 is 2.17 bits per heavy atom. The number of aromatic nitrogens is 1. The monoisotopic (exact) mass is 616 g/mol. The van der Waals surface area contributed by atoms with E-state index >= 15 is 0 Å². The minimum Gasteiger partial charge on any atom is -0.360 e. The highest BCUT2D eigenvalue weighted by Gasteiger charge is 2.41. The van der Waals surface area contributed by atoms with E-state index < -0.39 is 0 Å². The van der Waals surface area contributed by atoms with Gasteiger partial charge in [-0.15, -0.1) is 0 Å². The number of hydrogen-bond donors (Lipinski definition) is 2. The summed E-state index contributed by atoms with van der Waals surface area (Å²) in [5.41, 5.74) is 14.4. The third-order valence-corrected chi connectivity index (χ3v) is 9.51. The van der Waals surface area contributed by atoms with Crippen molar-refractivity contribution in [2.45, 2.75) is 37.9 Å². The predicted octanol–water partition coefficient (Wildman–Crippen LogP) is 11.7. The molecule has 5 aromatic rings. The number of allylic oxidation sites excluding steroid dienone is 4. The van der Waals surface area contributed by atoms with Crippen LogP contribution in [-0.4, -0.2) is 10.7 Å².